The minimum Gasteiger partial charge on any atom is -0.387 e. The normalized spacial score (nSPS) is 18.7. The van der Waals surface area contributed by atoms with E-state index in [1.807, 2.05) is 4.90 Å². The Kier molecular flexibility index (Phi) is 5.83. The van der Waals surface area contributed by atoms with E-state index in [0.717, 1.165) is 5.69 Å². The van der Waals surface area contributed by atoms with Gasteiger partial charge < -0.3 is 26.0 Å². The molecule has 29 heavy (non-hydrogen) atoms. The molecule has 3 rings (SSSR count). The Hall–Kier alpha value is -2.62. The van der Waals surface area contributed by atoms with Gasteiger partial charge in [-0.25, -0.2) is 14.6 Å². The molecule has 0 saturated carbocycles. The van der Waals surface area contributed by atoms with Gasteiger partial charge in [0.05, 0.1) is 24.0 Å². The number of aromatic nitrogens is 2. The van der Waals surface area contributed by atoms with Crippen LogP contribution in [-0.2, 0) is 11.3 Å². The summed E-state index contributed by atoms with van der Waals surface area (Å²) in [4.78, 5) is 44.9. The topological polar surface area (TPSA) is 134 Å². The molecule has 1 aromatic rings. The van der Waals surface area contributed by atoms with Crippen LogP contribution in [0.5, 0.6) is 0 Å². The van der Waals surface area contributed by atoms with E-state index < -0.39 is 17.7 Å². The number of carbonyl (C=O) groups excluding carboxylic acids is 3. The van der Waals surface area contributed by atoms with Crippen LogP contribution in [0.25, 0.3) is 0 Å². The van der Waals surface area contributed by atoms with Crippen molar-refractivity contribution in [3.63, 3.8) is 0 Å². The van der Waals surface area contributed by atoms with E-state index >= 15 is 0 Å². The number of aliphatic hydroxyl groups is 1. The van der Waals surface area contributed by atoms with Crippen LogP contribution >= 0.6 is 0 Å². The SMILES string of the molecule is CCC(O)(CC)C(NC(N)=O)C(=O)N1CCC(N2Cc3cnc(C)n3C2=O)CC1. The number of nitrogens with two attached hydrogens (primary N) is 1. The predicted octanol–water partition coefficient (Wildman–Crippen LogP) is 0.554. The molecule has 1 fully saturated rings. The van der Waals surface area contributed by atoms with Gasteiger partial charge in [0.2, 0.25) is 5.91 Å². The number of fused-ring (bicyclic) bond motifs is 1. The molecule has 4 N–H and O–H groups in total. The van der Waals surface area contributed by atoms with Crippen LogP contribution in [0.3, 0.4) is 0 Å². The highest BCUT2D eigenvalue weighted by molar-refractivity contribution is 5.88. The fraction of sp³-hybridized carbons (Fsp3) is 0.684. The minimum absolute atomic E-state index is 0.0321. The average Bonchev–Trinajstić information content (AvgIpc) is 3.25. The largest absolute Gasteiger partial charge is 0.387 e. The molecule has 10 heteroatoms. The smallest absolute Gasteiger partial charge is 0.330 e. The fourth-order valence-corrected chi connectivity index (χ4v) is 4.33. The van der Waals surface area contributed by atoms with Gasteiger partial charge in [0.1, 0.15) is 11.9 Å². The maximum Gasteiger partial charge on any atom is 0.330 e. The van der Waals surface area contributed by atoms with Gasteiger partial charge in [0.25, 0.3) is 0 Å². The molecular weight excluding hydrogens is 376 g/mol. The average molecular weight is 406 g/mol. The number of primary amides is 1. The van der Waals surface area contributed by atoms with Crippen molar-refractivity contribution in [2.75, 3.05) is 13.1 Å². The Balaban J connectivity index is 1.65. The molecule has 160 valence electrons. The number of nitrogens with one attached hydrogen (secondary N) is 1. The number of carbonyl (C=O) groups is 3. The van der Waals surface area contributed by atoms with Crippen LogP contribution < -0.4 is 11.1 Å². The summed E-state index contributed by atoms with van der Waals surface area (Å²) in [5, 5.41) is 13.3. The standard InChI is InChI=1S/C19H30N6O4/c1-4-19(29,5-2)15(22-17(20)27)16(26)23-8-6-13(7-9-23)24-11-14-10-21-12(3)25(14)18(24)28/h10,13,15,29H,4-9,11H2,1-3H3,(H3,20,22,27). The third-order valence-electron chi connectivity index (χ3n) is 6.29. The third-order valence-corrected chi connectivity index (χ3v) is 6.29. The Labute approximate surface area is 170 Å². The molecule has 0 spiro atoms. The first kappa shape index (κ1) is 21.1. The molecule has 2 aliphatic heterocycles. The molecule has 1 aromatic heterocycles. The van der Waals surface area contributed by atoms with Crippen molar-refractivity contribution in [1.82, 2.24) is 24.7 Å². The molecule has 3 heterocycles. The van der Waals surface area contributed by atoms with Crippen LogP contribution in [0, 0.1) is 6.92 Å². The summed E-state index contributed by atoms with van der Waals surface area (Å²) in [5.74, 6) is 0.339. The highest BCUT2D eigenvalue weighted by Crippen LogP contribution is 2.27. The van der Waals surface area contributed by atoms with Gasteiger partial charge in [-0.2, -0.15) is 0 Å². The Morgan fingerprint density at radius 2 is 1.97 bits per heavy atom. The number of imidazole rings is 1. The number of piperidine rings is 1. The number of aryl methyl sites for hydroxylation is 1. The van der Waals surface area contributed by atoms with Gasteiger partial charge in [-0.3, -0.25) is 9.36 Å². The minimum atomic E-state index is -1.36. The Morgan fingerprint density at radius 3 is 2.48 bits per heavy atom. The van der Waals surface area contributed by atoms with Gasteiger partial charge in [-0.15, -0.1) is 0 Å². The zero-order chi connectivity index (χ0) is 21.3. The molecule has 1 saturated heterocycles. The number of likely N-dealkylation sites (tertiary alicyclic amines) is 1. The highest BCUT2D eigenvalue weighted by Gasteiger charge is 2.43. The van der Waals surface area contributed by atoms with Crippen LogP contribution in [0.4, 0.5) is 9.59 Å². The number of nitrogens with zero attached hydrogens (tertiary/aromatic N) is 4. The van der Waals surface area contributed by atoms with Gasteiger partial charge in [-0.1, -0.05) is 13.8 Å². The first-order valence-electron chi connectivity index (χ1n) is 10.1. The zero-order valence-electron chi connectivity index (χ0n) is 17.2. The van der Waals surface area contributed by atoms with E-state index in [2.05, 4.69) is 10.3 Å². The molecule has 1 unspecified atom stereocenters. The number of amides is 4. The molecule has 0 radical (unpaired) electrons. The molecule has 0 bridgehead atoms. The molecular formula is C19H30N6O4. The van der Waals surface area contributed by atoms with Crippen LogP contribution in [-0.4, -0.2) is 73.2 Å². The molecule has 0 aromatic carbocycles. The number of urea groups is 1. The van der Waals surface area contributed by atoms with Crippen molar-refractivity contribution < 1.29 is 19.5 Å². The van der Waals surface area contributed by atoms with E-state index in [4.69, 9.17) is 5.73 Å². The molecule has 4 amide bonds. The molecule has 1 atom stereocenters. The van der Waals surface area contributed by atoms with Crippen molar-refractivity contribution >= 4 is 18.0 Å². The summed E-state index contributed by atoms with van der Waals surface area (Å²) in [6, 6.07) is -1.97. The second-order valence-electron chi connectivity index (χ2n) is 7.85. The van der Waals surface area contributed by atoms with Crippen molar-refractivity contribution in [3.05, 3.63) is 17.7 Å². The molecule has 10 nitrogen and oxygen atoms in total. The zero-order valence-corrected chi connectivity index (χ0v) is 17.2. The van der Waals surface area contributed by atoms with Gasteiger partial charge in [-0.05, 0) is 32.6 Å². The van der Waals surface area contributed by atoms with Crippen molar-refractivity contribution in [2.45, 2.75) is 70.7 Å². The summed E-state index contributed by atoms with van der Waals surface area (Å²) in [5.41, 5.74) is 4.77. The summed E-state index contributed by atoms with van der Waals surface area (Å²) < 4.78 is 1.63. The quantitative estimate of drug-likeness (QED) is 0.634. The van der Waals surface area contributed by atoms with Crippen LogP contribution in [0.15, 0.2) is 6.20 Å². The second kappa shape index (κ2) is 8.02. The lowest BCUT2D eigenvalue weighted by molar-refractivity contribution is -0.142. The second-order valence-corrected chi connectivity index (χ2v) is 7.85. The lowest BCUT2D eigenvalue weighted by Crippen LogP contribution is -2.62. The van der Waals surface area contributed by atoms with Gasteiger partial charge in [0, 0.05) is 19.1 Å². The van der Waals surface area contributed by atoms with E-state index in [1.54, 1.807) is 36.4 Å². The van der Waals surface area contributed by atoms with Crippen LogP contribution in [0.1, 0.15) is 51.0 Å². The van der Waals surface area contributed by atoms with E-state index in [9.17, 15) is 19.5 Å². The van der Waals surface area contributed by atoms with Crippen LogP contribution in [0.2, 0.25) is 0 Å². The first-order valence-corrected chi connectivity index (χ1v) is 10.1. The lowest BCUT2D eigenvalue weighted by Gasteiger charge is -2.41. The predicted molar refractivity (Wildman–Crippen MR) is 105 cm³/mol. The van der Waals surface area contributed by atoms with Gasteiger partial charge in [0.15, 0.2) is 0 Å². The first-order chi connectivity index (χ1) is 13.7. The maximum absolute atomic E-state index is 13.1. The van der Waals surface area contributed by atoms with Crippen molar-refractivity contribution in [2.24, 2.45) is 5.73 Å². The van der Waals surface area contributed by atoms with Crippen molar-refractivity contribution in [1.29, 1.82) is 0 Å². The van der Waals surface area contributed by atoms with Gasteiger partial charge >= 0.3 is 12.1 Å². The summed E-state index contributed by atoms with van der Waals surface area (Å²) in [7, 11) is 0. The monoisotopic (exact) mass is 406 g/mol. The third kappa shape index (κ3) is 3.81. The number of rotatable bonds is 6. The summed E-state index contributed by atoms with van der Waals surface area (Å²) in [6.45, 7) is 6.75. The Morgan fingerprint density at radius 1 is 1.34 bits per heavy atom. The molecule has 2 aliphatic rings. The van der Waals surface area contributed by atoms with E-state index in [1.165, 1.54) is 0 Å². The maximum atomic E-state index is 13.1. The summed E-state index contributed by atoms with van der Waals surface area (Å²) >= 11 is 0. The fourth-order valence-electron chi connectivity index (χ4n) is 4.33. The van der Waals surface area contributed by atoms with E-state index in [-0.39, 0.29) is 18.0 Å². The summed E-state index contributed by atoms with van der Waals surface area (Å²) in [6.07, 6.45) is 3.61. The highest BCUT2D eigenvalue weighted by atomic mass is 16.3. The van der Waals surface area contributed by atoms with E-state index in [0.29, 0.717) is 51.1 Å². The number of hydrogen-bond donors (Lipinski definition) is 3. The lowest BCUT2D eigenvalue weighted by atomic mass is 9.87. The molecule has 0 aliphatic carbocycles. The Bertz CT molecular complexity index is 795. The number of hydrogen-bond acceptors (Lipinski definition) is 5. The van der Waals surface area contributed by atoms with Crippen molar-refractivity contribution in [3.8, 4) is 0 Å².